The number of nitrogens with zero attached hydrogens (tertiary/aromatic N) is 1. The fraction of sp³-hybridized carbons (Fsp3) is 0.900. The largest absolute Gasteiger partial charge is 0.405 e. The Labute approximate surface area is 93.0 Å². The minimum absolute atomic E-state index is 0.0111. The van der Waals surface area contributed by atoms with Gasteiger partial charge in [-0.1, -0.05) is 6.92 Å². The van der Waals surface area contributed by atoms with E-state index in [0.717, 1.165) is 12.8 Å². The maximum Gasteiger partial charge on any atom is 0.405 e. The molecule has 1 aliphatic rings. The number of hydrogen-bond acceptors (Lipinski definition) is 1. The van der Waals surface area contributed by atoms with Crippen LogP contribution in [-0.4, -0.2) is 36.2 Å². The summed E-state index contributed by atoms with van der Waals surface area (Å²) >= 11 is 0. The molecule has 2 amide bonds. The van der Waals surface area contributed by atoms with Crippen molar-refractivity contribution < 1.29 is 18.0 Å². The van der Waals surface area contributed by atoms with E-state index in [2.05, 4.69) is 6.92 Å². The SMILES string of the molecule is CC1CCN(C(=O)NCC(F)(F)F)C(C)C1. The van der Waals surface area contributed by atoms with Crippen molar-refractivity contribution >= 4 is 6.03 Å². The molecule has 1 rings (SSSR count). The number of likely N-dealkylation sites (tertiary alicyclic amines) is 1. The van der Waals surface area contributed by atoms with Crippen LogP contribution in [0.1, 0.15) is 26.7 Å². The van der Waals surface area contributed by atoms with E-state index < -0.39 is 18.8 Å². The van der Waals surface area contributed by atoms with Gasteiger partial charge in [0.25, 0.3) is 0 Å². The molecule has 0 aromatic rings. The second-order valence-corrected chi connectivity index (χ2v) is 4.45. The second kappa shape index (κ2) is 4.93. The zero-order valence-electron chi connectivity index (χ0n) is 9.47. The quantitative estimate of drug-likeness (QED) is 0.747. The number of carbonyl (C=O) groups is 1. The van der Waals surface area contributed by atoms with Gasteiger partial charge in [-0.25, -0.2) is 4.79 Å². The van der Waals surface area contributed by atoms with E-state index in [0.29, 0.717) is 12.5 Å². The number of halogens is 3. The fourth-order valence-corrected chi connectivity index (χ4v) is 1.99. The van der Waals surface area contributed by atoms with Crippen molar-refractivity contribution in [3.05, 3.63) is 0 Å². The topological polar surface area (TPSA) is 32.3 Å². The zero-order chi connectivity index (χ0) is 12.3. The number of hydrogen-bond donors (Lipinski definition) is 1. The summed E-state index contributed by atoms with van der Waals surface area (Å²) in [5, 5.41) is 1.90. The standard InChI is InChI=1S/C10H17F3N2O/c1-7-3-4-15(8(2)5-7)9(16)14-6-10(11,12)13/h7-8H,3-6H2,1-2H3,(H,14,16). The van der Waals surface area contributed by atoms with E-state index in [1.807, 2.05) is 12.2 Å². The lowest BCUT2D eigenvalue weighted by Crippen LogP contribution is -2.50. The molecule has 0 aromatic carbocycles. The second-order valence-electron chi connectivity index (χ2n) is 4.45. The molecule has 6 heteroatoms. The van der Waals surface area contributed by atoms with Crippen LogP contribution in [0.2, 0.25) is 0 Å². The summed E-state index contributed by atoms with van der Waals surface area (Å²) in [5.41, 5.74) is 0. The van der Waals surface area contributed by atoms with Gasteiger partial charge in [0.2, 0.25) is 0 Å². The Kier molecular flexibility index (Phi) is 4.04. The molecule has 1 saturated heterocycles. The normalized spacial score (nSPS) is 26.7. The average molecular weight is 238 g/mol. The van der Waals surface area contributed by atoms with Crippen molar-refractivity contribution in [3.63, 3.8) is 0 Å². The van der Waals surface area contributed by atoms with Gasteiger partial charge in [-0.15, -0.1) is 0 Å². The molecule has 0 bridgehead atoms. The molecule has 0 aromatic heterocycles. The van der Waals surface area contributed by atoms with Gasteiger partial charge in [-0.2, -0.15) is 13.2 Å². The maximum absolute atomic E-state index is 11.9. The summed E-state index contributed by atoms with van der Waals surface area (Å²) < 4.78 is 35.7. The molecular formula is C10H17F3N2O. The van der Waals surface area contributed by atoms with Gasteiger partial charge in [-0.05, 0) is 25.7 Å². The lowest BCUT2D eigenvalue weighted by molar-refractivity contribution is -0.123. The van der Waals surface area contributed by atoms with E-state index in [-0.39, 0.29) is 6.04 Å². The van der Waals surface area contributed by atoms with Gasteiger partial charge < -0.3 is 10.2 Å². The molecule has 1 aliphatic heterocycles. The van der Waals surface area contributed by atoms with Crippen LogP contribution in [0.5, 0.6) is 0 Å². The highest BCUT2D eigenvalue weighted by molar-refractivity contribution is 5.74. The molecule has 0 aliphatic carbocycles. The van der Waals surface area contributed by atoms with Gasteiger partial charge in [0, 0.05) is 12.6 Å². The molecule has 0 radical (unpaired) electrons. The Bertz CT molecular complexity index is 255. The summed E-state index contributed by atoms with van der Waals surface area (Å²) in [4.78, 5) is 13.0. The van der Waals surface area contributed by atoms with Crippen molar-refractivity contribution in [1.29, 1.82) is 0 Å². The molecule has 3 nitrogen and oxygen atoms in total. The molecule has 0 spiro atoms. The Morgan fingerprint density at radius 2 is 2.06 bits per heavy atom. The molecular weight excluding hydrogens is 221 g/mol. The van der Waals surface area contributed by atoms with Crippen molar-refractivity contribution in [2.75, 3.05) is 13.1 Å². The summed E-state index contributed by atoms with van der Waals surface area (Å²) in [6.07, 6.45) is -2.65. The average Bonchev–Trinajstić information content (AvgIpc) is 2.13. The summed E-state index contributed by atoms with van der Waals surface area (Å²) in [5.74, 6) is 0.529. The van der Waals surface area contributed by atoms with Gasteiger partial charge in [0.05, 0.1) is 0 Å². The first kappa shape index (κ1) is 13.1. The minimum Gasteiger partial charge on any atom is -0.329 e. The molecule has 2 unspecified atom stereocenters. The first-order valence-corrected chi connectivity index (χ1v) is 5.41. The lowest BCUT2D eigenvalue weighted by Gasteiger charge is -2.36. The first-order chi connectivity index (χ1) is 7.29. The van der Waals surface area contributed by atoms with E-state index in [9.17, 15) is 18.0 Å². The van der Waals surface area contributed by atoms with Gasteiger partial charge in [0.15, 0.2) is 0 Å². The number of piperidine rings is 1. The van der Waals surface area contributed by atoms with Crippen LogP contribution in [0.25, 0.3) is 0 Å². The molecule has 1 N–H and O–H groups in total. The van der Waals surface area contributed by atoms with Crippen molar-refractivity contribution in [1.82, 2.24) is 10.2 Å². The minimum atomic E-state index is -4.35. The van der Waals surface area contributed by atoms with Gasteiger partial charge in [0.1, 0.15) is 6.54 Å². The molecule has 0 saturated carbocycles. The third kappa shape index (κ3) is 3.90. The van der Waals surface area contributed by atoms with E-state index in [1.165, 1.54) is 4.90 Å². The lowest BCUT2D eigenvalue weighted by atomic mass is 9.94. The van der Waals surface area contributed by atoms with Crippen LogP contribution in [-0.2, 0) is 0 Å². The highest BCUT2D eigenvalue weighted by Gasteiger charge is 2.31. The number of carbonyl (C=O) groups excluding carboxylic acids is 1. The van der Waals surface area contributed by atoms with Crippen LogP contribution in [0.4, 0.5) is 18.0 Å². The number of rotatable bonds is 1. The molecule has 94 valence electrons. The summed E-state index contributed by atoms with van der Waals surface area (Å²) in [7, 11) is 0. The van der Waals surface area contributed by atoms with Crippen LogP contribution < -0.4 is 5.32 Å². The van der Waals surface area contributed by atoms with Gasteiger partial charge in [-0.3, -0.25) is 0 Å². The molecule has 2 atom stereocenters. The third-order valence-electron chi connectivity index (χ3n) is 2.84. The van der Waals surface area contributed by atoms with Crippen LogP contribution in [0.3, 0.4) is 0 Å². The van der Waals surface area contributed by atoms with Crippen LogP contribution >= 0.6 is 0 Å². The van der Waals surface area contributed by atoms with Crippen LogP contribution in [0, 0.1) is 5.92 Å². The van der Waals surface area contributed by atoms with E-state index >= 15 is 0 Å². The third-order valence-corrected chi connectivity index (χ3v) is 2.84. The summed E-state index contributed by atoms with van der Waals surface area (Å²) in [6.45, 7) is 3.22. The zero-order valence-corrected chi connectivity index (χ0v) is 9.47. The number of amides is 2. The Balaban J connectivity index is 2.42. The number of urea groups is 1. The highest BCUT2D eigenvalue weighted by atomic mass is 19.4. The smallest absolute Gasteiger partial charge is 0.329 e. The molecule has 1 fully saturated rings. The maximum atomic E-state index is 11.9. The Hall–Kier alpha value is -0.940. The van der Waals surface area contributed by atoms with Crippen molar-refractivity contribution in [3.8, 4) is 0 Å². The van der Waals surface area contributed by atoms with Crippen molar-refractivity contribution in [2.24, 2.45) is 5.92 Å². The number of alkyl halides is 3. The van der Waals surface area contributed by atoms with E-state index in [1.54, 1.807) is 0 Å². The highest BCUT2D eigenvalue weighted by Crippen LogP contribution is 2.22. The predicted octanol–water partition coefficient (Wildman–Crippen LogP) is 2.38. The molecule has 16 heavy (non-hydrogen) atoms. The first-order valence-electron chi connectivity index (χ1n) is 5.41. The summed E-state index contributed by atoms with van der Waals surface area (Å²) in [6, 6.07) is -0.603. The monoisotopic (exact) mass is 238 g/mol. The number of nitrogens with one attached hydrogen (secondary N) is 1. The fourth-order valence-electron chi connectivity index (χ4n) is 1.99. The van der Waals surface area contributed by atoms with Crippen molar-refractivity contribution in [2.45, 2.75) is 38.9 Å². The molecule has 1 heterocycles. The van der Waals surface area contributed by atoms with Gasteiger partial charge >= 0.3 is 12.2 Å². The van der Waals surface area contributed by atoms with Crippen LogP contribution in [0.15, 0.2) is 0 Å². The predicted molar refractivity (Wildman–Crippen MR) is 54.0 cm³/mol. The Morgan fingerprint density at radius 3 is 2.56 bits per heavy atom. The van der Waals surface area contributed by atoms with E-state index in [4.69, 9.17) is 0 Å². The Morgan fingerprint density at radius 1 is 1.44 bits per heavy atom.